The fourth-order valence-electron chi connectivity index (χ4n) is 3.66. The van der Waals surface area contributed by atoms with Crippen LogP contribution >= 0.6 is 0 Å². The van der Waals surface area contributed by atoms with Gasteiger partial charge in [0, 0.05) is 16.1 Å². The topological polar surface area (TPSA) is 144 Å². The van der Waals surface area contributed by atoms with Crippen LogP contribution in [-0.4, -0.2) is 31.8 Å². The van der Waals surface area contributed by atoms with Gasteiger partial charge in [-0.3, -0.25) is 13.2 Å². The summed E-state index contributed by atoms with van der Waals surface area (Å²) in [6.07, 6.45) is 0. The summed E-state index contributed by atoms with van der Waals surface area (Å²) in [6, 6.07) is 20.5. The zero-order valence-electron chi connectivity index (χ0n) is 20.6. The molecule has 4 rings (SSSR count). The molecule has 0 aliphatic carbocycles. The summed E-state index contributed by atoms with van der Waals surface area (Å²) >= 11 is 0. The molecule has 0 heterocycles. The van der Waals surface area contributed by atoms with Crippen molar-refractivity contribution in [1.82, 2.24) is 0 Å². The van der Waals surface area contributed by atoms with Crippen LogP contribution in [0.3, 0.4) is 0 Å². The summed E-state index contributed by atoms with van der Waals surface area (Å²) in [5, 5.41) is 1.84. The van der Waals surface area contributed by atoms with E-state index in [-0.39, 0.29) is 111 Å². The molecule has 0 aromatic heterocycles. The van der Waals surface area contributed by atoms with Gasteiger partial charge in [0.25, 0.3) is 5.91 Å². The quantitative estimate of drug-likeness (QED) is 0.145. The van der Waals surface area contributed by atoms with E-state index in [1.807, 2.05) is 31.2 Å². The molecule has 0 fully saturated rings. The first-order valence-corrected chi connectivity index (χ1v) is 12.6. The number of anilines is 1. The van der Waals surface area contributed by atoms with Gasteiger partial charge in [0.1, 0.15) is 10.1 Å². The van der Waals surface area contributed by atoms with Gasteiger partial charge in [-0.1, -0.05) is 59.5 Å². The third kappa shape index (κ3) is 7.76. The summed E-state index contributed by atoms with van der Waals surface area (Å²) < 4.78 is 70.7. The molecule has 4 aromatic rings. The molecular formula is C24H16NNa3O7S2. The van der Waals surface area contributed by atoms with Crippen LogP contribution < -0.4 is 94.0 Å². The number of fused-ring (bicyclic) bond motifs is 1. The van der Waals surface area contributed by atoms with Crippen LogP contribution in [0.2, 0.25) is 0 Å². The second-order valence-corrected chi connectivity index (χ2v) is 10.2. The van der Waals surface area contributed by atoms with Gasteiger partial charge in [-0.2, -0.15) is 18.2 Å². The Bertz CT molecular complexity index is 1660. The Morgan fingerprint density at radius 2 is 1.38 bits per heavy atom. The van der Waals surface area contributed by atoms with E-state index in [9.17, 15) is 30.7 Å². The van der Waals surface area contributed by atoms with Crippen LogP contribution in [-0.2, 0) is 20.2 Å². The number of carbonyl (C=O) groups is 1. The molecule has 1 amide bonds. The first-order valence-electron chi connectivity index (χ1n) is 9.83. The van der Waals surface area contributed by atoms with E-state index >= 15 is 0 Å². The van der Waals surface area contributed by atoms with Gasteiger partial charge in [0.2, 0.25) is 0 Å². The van der Waals surface area contributed by atoms with Gasteiger partial charge in [-0.05, 0) is 35.1 Å². The van der Waals surface area contributed by atoms with Gasteiger partial charge < -0.3 is 14.4 Å². The molecule has 0 aliphatic heterocycles. The molecule has 4 aromatic carbocycles. The van der Waals surface area contributed by atoms with Gasteiger partial charge in [-0.15, -0.1) is 5.39 Å². The normalized spacial score (nSPS) is 11.0. The average Bonchev–Trinajstić information content (AvgIpc) is 2.78. The molecule has 0 spiro atoms. The maximum Gasteiger partial charge on any atom is 1.00 e. The smallest absolute Gasteiger partial charge is 0.754 e. The second kappa shape index (κ2) is 13.7. The molecule has 37 heavy (non-hydrogen) atoms. The van der Waals surface area contributed by atoms with E-state index < -0.39 is 35.9 Å². The minimum atomic E-state index is -5.10. The SMILES string of the molecule is Cc1ccc(-c2ccccc2C(=O)Nc2ccc(S(=O)(=O)[O-])c3c[c-]cc(S(=O)(=O)[O-])c23)cc1.[Na+].[Na+].[Na+]. The maximum atomic E-state index is 13.2. The third-order valence-corrected chi connectivity index (χ3v) is 6.97. The molecule has 13 heteroatoms. The molecule has 0 bridgehead atoms. The first-order chi connectivity index (χ1) is 16.0. The van der Waals surface area contributed by atoms with Crippen molar-refractivity contribution in [3.8, 4) is 11.1 Å². The fraction of sp³-hybridized carbons (Fsp3) is 0.0417. The molecular weight excluding hydrogens is 547 g/mol. The van der Waals surface area contributed by atoms with Crippen molar-refractivity contribution in [2.24, 2.45) is 0 Å². The summed E-state index contributed by atoms with van der Waals surface area (Å²) in [7, 11) is -10.1. The molecule has 0 saturated heterocycles. The number of carbonyl (C=O) groups excluding carboxylic acids is 1. The van der Waals surface area contributed by atoms with E-state index in [4.69, 9.17) is 0 Å². The molecule has 8 nitrogen and oxygen atoms in total. The van der Waals surface area contributed by atoms with Crippen molar-refractivity contribution >= 4 is 42.6 Å². The van der Waals surface area contributed by atoms with Crippen LogP contribution in [0.5, 0.6) is 0 Å². The first kappa shape index (κ1) is 34.5. The maximum absolute atomic E-state index is 13.2. The van der Waals surface area contributed by atoms with Gasteiger partial charge in [-0.25, -0.2) is 8.42 Å². The van der Waals surface area contributed by atoms with Gasteiger partial charge in [0.15, 0.2) is 0 Å². The second-order valence-electron chi connectivity index (χ2n) is 7.49. The minimum absolute atomic E-state index is 0. The van der Waals surface area contributed by atoms with Gasteiger partial charge in [0.05, 0.1) is 10.1 Å². The minimum Gasteiger partial charge on any atom is -0.754 e. The number of aryl methyl sites for hydroxylation is 1. The van der Waals surface area contributed by atoms with E-state index in [1.54, 1.807) is 24.3 Å². The Morgan fingerprint density at radius 1 is 0.784 bits per heavy atom. The van der Waals surface area contributed by atoms with E-state index in [2.05, 4.69) is 11.4 Å². The zero-order chi connectivity index (χ0) is 24.7. The van der Waals surface area contributed by atoms with Crippen molar-refractivity contribution in [2.75, 3.05) is 5.32 Å². The van der Waals surface area contributed by atoms with E-state index in [1.165, 1.54) is 0 Å². The van der Waals surface area contributed by atoms with Crippen molar-refractivity contribution in [3.63, 3.8) is 0 Å². The molecule has 0 atom stereocenters. The Balaban J connectivity index is 0.00000228. The third-order valence-electron chi connectivity index (χ3n) is 5.22. The Kier molecular flexibility index (Phi) is 12.7. The van der Waals surface area contributed by atoms with E-state index in [0.717, 1.165) is 35.4 Å². The van der Waals surface area contributed by atoms with Crippen LogP contribution in [0.25, 0.3) is 21.9 Å². The number of nitrogens with one attached hydrogen (secondary N) is 1. The standard InChI is InChI=1S/C24H18NO7S2.3Na/c1-15-9-11-16(12-10-15)17-5-2-3-6-18(17)24(26)25-20-13-14-21(33(27,28)29)19-7-4-8-22(23(19)20)34(30,31)32;;;/h2-3,5-14H,1H3,(H,25,26)(H,27,28,29)(H,30,31,32);;;/q-1;3*+1/p-2. The largest absolute Gasteiger partial charge is 1.00 e. The molecule has 0 radical (unpaired) electrons. The number of hydrogen-bond donors (Lipinski definition) is 1. The number of rotatable bonds is 5. The summed E-state index contributed by atoms with van der Waals surface area (Å²) in [5.41, 5.74) is 2.52. The number of amides is 1. The van der Waals surface area contributed by atoms with Crippen LogP contribution in [0, 0.1) is 13.0 Å². The summed E-state index contributed by atoms with van der Waals surface area (Å²) in [6.45, 7) is 1.93. The van der Waals surface area contributed by atoms with Crippen molar-refractivity contribution in [1.29, 1.82) is 0 Å². The average molecular weight is 563 g/mol. The molecule has 0 aliphatic rings. The monoisotopic (exact) mass is 563 g/mol. The Labute approximate surface area is 281 Å². The van der Waals surface area contributed by atoms with Crippen molar-refractivity contribution < 1.29 is 119 Å². The van der Waals surface area contributed by atoms with Crippen LogP contribution in [0.1, 0.15) is 15.9 Å². The zero-order valence-corrected chi connectivity index (χ0v) is 28.2. The molecule has 174 valence electrons. The Morgan fingerprint density at radius 3 is 1.97 bits per heavy atom. The molecule has 1 N–H and O–H groups in total. The summed E-state index contributed by atoms with van der Waals surface area (Å²) in [4.78, 5) is 11.7. The van der Waals surface area contributed by atoms with Crippen LogP contribution in [0.4, 0.5) is 5.69 Å². The Hall–Kier alpha value is -0.570. The molecule has 0 saturated carbocycles. The molecule has 0 unspecified atom stereocenters. The van der Waals surface area contributed by atoms with E-state index in [0.29, 0.717) is 5.56 Å². The summed E-state index contributed by atoms with van der Waals surface area (Å²) in [5.74, 6) is -0.628. The van der Waals surface area contributed by atoms with Crippen molar-refractivity contribution in [3.05, 3.63) is 90.0 Å². The fourth-order valence-corrected chi connectivity index (χ4v) is 5.00. The number of benzene rings is 4. The van der Waals surface area contributed by atoms with Crippen LogP contribution in [0.15, 0.2) is 82.6 Å². The number of hydrogen-bond acceptors (Lipinski definition) is 7. The van der Waals surface area contributed by atoms with Crippen molar-refractivity contribution in [2.45, 2.75) is 16.7 Å². The van der Waals surface area contributed by atoms with Gasteiger partial charge >= 0.3 is 88.7 Å². The predicted octanol–water partition coefficient (Wildman–Crippen LogP) is -5.31. The predicted molar refractivity (Wildman–Crippen MR) is 123 cm³/mol.